The summed E-state index contributed by atoms with van der Waals surface area (Å²) in [5, 5.41) is 8.60. The lowest BCUT2D eigenvalue weighted by molar-refractivity contribution is -0.227. The summed E-state index contributed by atoms with van der Waals surface area (Å²) in [6.07, 6.45) is 1.68. The number of aromatic nitrogens is 3. The number of nitrogens with zero attached hydrogens (tertiary/aromatic N) is 4. The van der Waals surface area contributed by atoms with E-state index >= 15 is 0 Å². The van der Waals surface area contributed by atoms with Crippen LogP contribution in [0.3, 0.4) is 0 Å². The molecule has 2 aliphatic heterocycles. The number of benzene rings is 1. The Balaban J connectivity index is 1.36. The summed E-state index contributed by atoms with van der Waals surface area (Å²) in [4.78, 5) is 2.38. The quantitative estimate of drug-likeness (QED) is 0.727. The predicted octanol–water partition coefficient (Wildman–Crippen LogP) is 3.35. The molecule has 2 saturated heterocycles. The zero-order chi connectivity index (χ0) is 21.4. The fourth-order valence-electron chi connectivity index (χ4n) is 4.05. The molecule has 0 spiro atoms. The molecule has 2 aromatic rings. The van der Waals surface area contributed by atoms with Crippen molar-refractivity contribution in [2.45, 2.75) is 47.5 Å². The molecule has 0 N–H and O–H groups in total. The number of ether oxygens (including phenoxy) is 2. The molecule has 0 unspecified atom stereocenters. The maximum Gasteiger partial charge on any atom is 0.177 e. The minimum atomic E-state index is -0.275. The molecular weight excluding hydrogens is 376 g/mol. The van der Waals surface area contributed by atoms with Crippen LogP contribution in [0.5, 0.6) is 0 Å². The number of likely N-dealkylation sites (tertiary alicyclic amines) is 1. The molecule has 6 heteroatoms. The normalized spacial score (nSPS) is 21.0. The van der Waals surface area contributed by atoms with Crippen LogP contribution in [0.4, 0.5) is 0 Å². The minimum Gasteiger partial charge on any atom is -0.350 e. The minimum absolute atomic E-state index is 0.0671. The zero-order valence-corrected chi connectivity index (χ0v) is 18.7. The third-order valence-electron chi connectivity index (χ3n) is 5.54. The smallest absolute Gasteiger partial charge is 0.177 e. The molecule has 0 radical (unpaired) electrons. The summed E-state index contributed by atoms with van der Waals surface area (Å²) in [6, 6.07) is 6.26. The third-order valence-corrected chi connectivity index (χ3v) is 5.54. The number of hydrogen-bond donors (Lipinski definition) is 0. The topological polar surface area (TPSA) is 52.4 Å². The fraction of sp³-hybridized carbons (Fsp3) is 0.583. The Morgan fingerprint density at radius 2 is 1.83 bits per heavy atom. The highest BCUT2D eigenvalue weighted by Crippen LogP contribution is 2.28. The van der Waals surface area contributed by atoms with E-state index in [0.29, 0.717) is 25.2 Å². The first kappa shape index (κ1) is 21.0. The summed E-state index contributed by atoms with van der Waals surface area (Å²) in [5.74, 6) is 6.59. The highest BCUT2D eigenvalue weighted by molar-refractivity contribution is 5.64. The van der Waals surface area contributed by atoms with Crippen LogP contribution in [-0.4, -0.2) is 59.0 Å². The Labute approximate surface area is 179 Å². The van der Waals surface area contributed by atoms with E-state index in [1.54, 1.807) is 4.68 Å². The molecule has 6 nitrogen and oxygen atoms in total. The molecule has 2 aliphatic rings. The summed E-state index contributed by atoms with van der Waals surface area (Å²) < 4.78 is 13.4. The molecule has 1 aromatic heterocycles. The third kappa shape index (κ3) is 5.10. The molecular formula is C24H32N4O2. The van der Waals surface area contributed by atoms with Crippen molar-refractivity contribution < 1.29 is 9.47 Å². The Hall–Kier alpha value is -2.20. The van der Waals surface area contributed by atoms with Crippen molar-refractivity contribution in [3.05, 3.63) is 35.5 Å². The molecule has 160 valence electrons. The van der Waals surface area contributed by atoms with Gasteiger partial charge in [0.2, 0.25) is 0 Å². The molecule has 30 heavy (non-hydrogen) atoms. The molecule has 0 atom stereocenters. The van der Waals surface area contributed by atoms with Crippen molar-refractivity contribution in [3.8, 4) is 23.1 Å². The zero-order valence-electron chi connectivity index (χ0n) is 18.7. The molecule has 0 aliphatic carbocycles. The van der Waals surface area contributed by atoms with Crippen LogP contribution in [0.25, 0.3) is 11.3 Å². The van der Waals surface area contributed by atoms with Gasteiger partial charge in [-0.05, 0) is 30.0 Å². The van der Waals surface area contributed by atoms with Gasteiger partial charge in [0.1, 0.15) is 5.69 Å². The van der Waals surface area contributed by atoms with Crippen molar-refractivity contribution in [1.29, 1.82) is 0 Å². The molecule has 0 amide bonds. The van der Waals surface area contributed by atoms with Crippen LogP contribution in [0.1, 0.15) is 38.8 Å². The van der Waals surface area contributed by atoms with Gasteiger partial charge in [-0.15, -0.1) is 5.10 Å². The highest BCUT2D eigenvalue weighted by atomic mass is 16.7. The van der Waals surface area contributed by atoms with E-state index in [1.807, 2.05) is 6.20 Å². The second-order valence-electron chi connectivity index (χ2n) is 10.2. The van der Waals surface area contributed by atoms with Crippen LogP contribution in [0, 0.1) is 29.6 Å². The lowest BCUT2D eigenvalue weighted by atomic mass is 9.84. The molecule has 0 bridgehead atoms. The van der Waals surface area contributed by atoms with Crippen LogP contribution < -0.4 is 0 Å². The molecule has 0 saturated carbocycles. The van der Waals surface area contributed by atoms with Gasteiger partial charge in [0.25, 0.3) is 0 Å². The Morgan fingerprint density at radius 3 is 2.50 bits per heavy atom. The van der Waals surface area contributed by atoms with E-state index in [2.05, 4.69) is 79.9 Å². The molecule has 1 aromatic carbocycles. The highest BCUT2D eigenvalue weighted by Gasteiger charge is 2.33. The Kier molecular flexibility index (Phi) is 5.71. The van der Waals surface area contributed by atoms with Gasteiger partial charge < -0.3 is 9.47 Å². The van der Waals surface area contributed by atoms with Gasteiger partial charge >= 0.3 is 0 Å². The van der Waals surface area contributed by atoms with Crippen molar-refractivity contribution >= 4 is 0 Å². The fourth-order valence-corrected chi connectivity index (χ4v) is 4.05. The van der Waals surface area contributed by atoms with E-state index in [0.717, 1.165) is 42.0 Å². The van der Waals surface area contributed by atoms with E-state index in [1.165, 1.54) is 0 Å². The lowest BCUT2D eigenvalue weighted by Gasteiger charge is -2.44. The first-order valence-electron chi connectivity index (χ1n) is 10.6. The summed E-state index contributed by atoms with van der Waals surface area (Å²) >= 11 is 0. The van der Waals surface area contributed by atoms with Crippen molar-refractivity contribution in [2.24, 2.45) is 10.8 Å². The standard InChI is InChI=1S/C24H32N4O2/c1-18-11-19(7-6-10-27-14-23(2,3)15-27)8-9-20(18)21-12-28(26-25-21)13-22-29-16-24(4,5)17-30-22/h8-9,11-12,22H,10,13-17H2,1-5H3. The van der Waals surface area contributed by atoms with Crippen molar-refractivity contribution in [1.82, 2.24) is 19.9 Å². The van der Waals surface area contributed by atoms with Crippen LogP contribution in [-0.2, 0) is 16.0 Å². The van der Waals surface area contributed by atoms with Crippen LogP contribution in [0.15, 0.2) is 24.4 Å². The second-order valence-corrected chi connectivity index (χ2v) is 10.2. The van der Waals surface area contributed by atoms with Crippen LogP contribution in [0.2, 0.25) is 0 Å². The largest absolute Gasteiger partial charge is 0.350 e. The van der Waals surface area contributed by atoms with Gasteiger partial charge in [-0.3, -0.25) is 4.90 Å². The number of rotatable bonds is 4. The number of aryl methyl sites for hydroxylation is 1. The Bertz CT molecular complexity index is 949. The van der Waals surface area contributed by atoms with Gasteiger partial charge in [0.15, 0.2) is 6.29 Å². The van der Waals surface area contributed by atoms with Crippen molar-refractivity contribution in [2.75, 3.05) is 32.8 Å². The van der Waals surface area contributed by atoms with Gasteiger partial charge in [0.05, 0.1) is 32.5 Å². The van der Waals surface area contributed by atoms with Gasteiger partial charge in [0, 0.05) is 29.6 Å². The van der Waals surface area contributed by atoms with E-state index in [-0.39, 0.29) is 11.7 Å². The molecule has 4 rings (SSSR count). The first-order chi connectivity index (χ1) is 14.2. The van der Waals surface area contributed by atoms with Gasteiger partial charge in [-0.2, -0.15) is 0 Å². The van der Waals surface area contributed by atoms with E-state index < -0.39 is 0 Å². The summed E-state index contributed by atoms with van der Waals surface area (Å²) in [6.45, 7) is 16.0. The second kappa shape index (κ2) is 8.14. The van der Waals surface area contributed by atoms with E-state index in [4.69, 9.17) is 9.47 Å². The van der Waals surface area contributed by atoms with Crippen LogP contribution >= 0.6 is 0 Å². The maximum absolute atomic E-state index is 5.80. The molecule has 3 heterocycles. The summed E-state index contributed by atoms with van der Waals surface area (Å²) in [7, 11) is 0. The first-order valence-corrected chi connectivity index (χ1v) is 10.6. The van der Waals surface area contributed by atoms with Gasteiger partial charge in [-0.25, -0.2) is 4.68 Å². The number of hydrogen-bond acceptors (Lipinski definition) is 5. The Morgan fingerprint density at radius 1 is 1.10 bits per heavy atom. The predicted molar refractivity (Wildman–Crippen MR) is 117 cm³/mol. The average Bonchev–Trinajstić information content (AvgIpc) is 3.10. The van der Waals surface area contributed by atoms with Crippen molar-refractivity contribution in [3.63, 3.8) is 0 Å². The maximum atomic E-state index is 5.80. The average molecular weight is 409 g/mol. The van der Waals surface area contributed by atoms with Gasteiger partial charge in [-0.1, -0.05) is 50.8 Å². The SMILES string of the molecule is Cc1cc(C#CCN2CC(C)(C)C2)ccc1-c1cn(CC2OCC(C)(C)CO2)nn1. The summed E-state index contributed by atoms with van der Waals surface area (Å²) in [5.41, 5.74) is 4.62. The van der Waals surface area contributed by atoms with E-state index in [9.17, 15) is 0 Å². The molecule has 2 fully saturated rings. The monoisotopic (exact) mass is 408 g/mol. The lowest BCUT2D eigenvalue weighted by Crippen LogP contribution is -2.52.